The van der Waals surface area contributed by atoms with Gasteiger partial charge < -0.3 is 10.1 Å². The molecule has 27 heavy (non-hydrogen) atoms. The van der Waals surface area contributed by atoms with E-state index in [4.69, 9.17) is 4.74 Å². The predicted octanol–water partition coefficient (Wildman–Crippen LogP) is 6.50. The van der Waals surface area contributed by atoms with Gasteiger partial charge >= 0.3 is 0 Å². The molecule has 2 aromatic carbocycles. The molecule has 0 aliphatic carbocycles. The fourth-order valence-electron chi connectivity index (χ4n) is 2.86. The number of anilines is 1. The van der Waals surface area contributed by atoms with E-state index in [2.05, 4.69) is 61.1 Å². The third kappa shape index (κ3) is 6.10. The SMILES string of the molecule is CCCCc1ccc(NC(=O)C(C)Oc2ccccc2C(C)(C)C)c(Br)c1. The van der Waals surface area contributed by atoms with E-state index < -0.39 is 6.10 Å². The highest BCUT2D eigenvalue weighted by atomic mass is 79.9. The number of ether oxygens (including phenoxy) is 1. The third-order valence-corrected chi connectivity index (χ3v) is 5.13. The molecule has 2 rings (SSSR count). The van der Waals surface area contributed by atoms with Crippen molar-refractivity contribution in [3.8, 4) is 5.75 Å². The molecule has 146 valence electrons. The van der Waals surface area contributed by atoms with E-state index >= 15 is 0 Å². The summed E-state index contributed by atoms with van der Waals surface area (Å²) in [5, 5.41) is 2.96. The molecule has 4 heteroatoms. The fourth-order valence-corrected chi connectivity index (χ4v) is 3.39. The number of nitrogens with one attached hydrogen (secondary N) is 1. The van der Waals surface area contributed by atoms with Crippen molar-refractivity contribution in [2.24, 2.45) is 0 Å². The van der Waals surface area contributed by atoms with Crippen LogP contribution in [0.5, 0.6) is 5.75 Å². The molecular weight excluding hydrogens is 402 g/mol. The summed E-state index contributed by atoms with van der Waals surface area (Å²) < 4.78 is 6.89. The van der Waals surface area contributed by atoms with Crippen molar-refractivity contribution in [1.29, 1.82) is 0 Å². The number of unbranched alkanes of at least 4 members (excludes halogenated alkanes) is 1. The number of halogens is 1. The van der Waals surface area contributed by atoms with Crippen molar-refractivity contribution in [3.05, 3.63) is 58.1 Å². The Morgan fingerprint density at radius 3 is 2.52 bits per heavy atom. The Morgan fingerprint density at radius 2 is 1.89 bits per heavy atom. The van der Waals surface area contributed by atoms with Gasteiger partial charge in [-0.1, -0.05) is 58.4 Å². The molecule has 0 fully saturated rings. The van der Waals surface area contributed by atoms with Gasteiger partial charge in [0.2, 0.25) is 0 Å². The van der Waals surface area contributed by atoms with E-state index in [-0.39, 0.29) is 11.3 Å². The van der Waals surface area contributed by atoms with Crippen LogP contribution in [0.3, 0.4) is 0 Å². The third-order valence-electron chi connectivity index (χ3n) is 4.48. The van der Waals surface area contributed by atoms with E-state index in [0.717, 1.165) is 34.3 Å². The highest BCUT2D eigenvalue weighted by Crippen LogP contribution is 2.32. The summed E-state index contributed by atoms with van der Waals surface area (Å²) in [4.78, 5) is 12.6. The molecular formula is C23H30BrNO2. The van der Waals surface area contributed by atoms with Crippen LogP contribution in [0.1, 0.15) is 58.6 Å². The molecule has 0 aliphatic heterocycles. The average Bonchev–Trinajstić information content (AvgIpc) is 2.61. The molecule has 0 saturated carbocycles. The Kier molecular flexibility index (Phi) is 7.49. The van der Waals surface area contributed by atoms with Crippen LogP contribution in [0.15, 0.2) is 46.9 Å². The van der Waals surface area contributed by atoms with Crippen LogP contribution in [0.4, 0.5) is 5.69 Å². The number of benzene rings is 2. The molecule has 1 N–H and O–H groups in total. The highest BCUT2D eigenvalue weighted by Gasteiger charge is 2.22. The van der Waals surface area contributed by atoms with Gasteiger partial charge in [0, 0.05) is 4.47 Å². The minimum Gasteiger partial charge on any atom is -0.481 e. The van der Waals surface area contributed by atoms with E-state index in [1.807, 2.05) is 30.3 Å². The number of carbonyl (C=O) groups excluding carboxylic acids is 1. The molecule has 1 unspecified atom stereocenters. The molecule has 3 nitrogen and oxygen atoms in total. The number of hydrogen-bond donors (Lipinski definition) is 1. The van der Waals surface area contributed by atoms with Crippen LogP contribution in [0, 0.1) is 0 Å². The lowest BCUT2D eigenvalue weighted by molar-refractivity contribution is -0.122. The fraction of sp³-hybridized carbons (Fsp3) is 0.435. The van der Waals surface area contributed by atoms with Crippen LogP contribution in [0.25, 0.3) is 0 Å². The first-order chi connectivity index (χ1) is 12.7. The predicted molar refractivity (Wildman–Crippen MR) is 117 cm³/mol. The number of aryl methyl sites for hydroxylation is 1. The molecule has 0 aromatic heterocycles. The zero-order valence-electron chi connectivity index (χ0n) is 16.9. The molecule has 0 radical (unpaired) electrons. The number of hydrogen-bond acceptors (Lipinski definition) is 2. The highest BCUT2D eigenvalue weighted by molar-refractivity contribution is 9.10. The quantitative estimate of drug-likeness (QED) is 0.543. The first-order valence-electron chi connectivity index (χ1n) is 9.58. The molecule has 0 aliphatic rings. The number of carbonyl (C=O) groups is 1. The molecule has 1 atom stereocenters. The van der Waals surface area contributed by atoms with Gasteiger partial charge in [0.1, 0.15) is 5.75 Å². The van der Waals surface area contributed by atoms with Crippen LogP contribution >= 0.6 is 15.9 Å². The van der Waals surface area contributed by atoms with Crippen LogP contribution in [-0.4, -0.2) is 12.0 Å². The molecule has 0 spiro atoms. The second kappa shape index (κ2) is 9.41. The van der Waals surface area contributed by atoms with Gasteiger partial charge in [-0.05, 0) is 70.4 Å². The second-order valence-electron chi connectivity index (χ2n) is 7.91. The Hall–Kier alpha value is -1.81. The van der Waals surface area contributed by atoms with Gasteiger partial charge in [0.05, 0.1) is 5.69 Å². The smallest absolute Gasteiger partial charge is 0.265 e. The van der Waals surface area contributed by atoms with Crippen LogP contribution in [0.2, 0.25) is 0 Å². The molecule has 1 amide bonds. The summed E-state index contributed by atoms with van der Waals surface area (Å²) in [6.45, 7) is 10.4. The van der Waals surface area contributed by atoms with E-state index in [0.29, 0.717) is 0 Å². The summed E-state index contributed by atoms with van der Waals surface area (Å²) in [6.07, 6.45) is 2.78. The average molecular weight is 432 g/mol. The molecule has 0 bridgehead atoms. The van der Waals surface area contributed by atoms with Crippen LogP contribution < -0.4 is 10.1 Å². The zero-order valence-corrected chi connectivity index (χ0v) is 18.5. The van der Waals surface area contributed by atoms with Crippen LogP contribution in [-0.2, 0) is 16.6 Å². The number of amides is 1. The van der Waals surface area contributed by atoms with Gasteiger partial charge in [0.25, 0.3) is 5.91 Å². The molecule has 0 heterocycles. The minimum atomic E-state index is -0.597. The van der Waals surface area contributed by atoms with Crippen molar-refractivity contribution < 1.29 is 9.53 Å². The molecule has 0 saturated heterocycles. The van der Waals surface area contributed by atoms with Gasteiger partial charge in [-0.3, -0.25) is 4.79 Å². The second-order valence-corrected chi connectivity index (χ2v) is 8.77. The Labute approximate surface area is 171 Å². The molecule has 2 aromatic rings. The van der Waals surface area contributed by atoms with Crippen molar-refractivity contribution in [1.82, 2.24) is 0 Å². The van der Waals surface area contributed by atoms with Crippen molar-refractivity contribution in [2.75, 3.05) is 5.32 Å². The monoisotopic (exact) mass is 431 g/mol. The van der Waals surface area contributed by atoms with Gasteiger partial charge in [-0.15, -0.1) is 0 Å². The first-order valence-corrected chi connectivity index (χ1v) is 10.4. The van der Waals surface area contributed by atoms with Crippen molar-refractivity contribution in [2.45, 2.75) is 65.4 Å². The van der Waals surface area contributed by atoms with Crippen molar-refractivity contribution >= 4 is 27.5 Å². The Bertz CT molecular complexity index is 780. The zero-order chi connectivity index (χ0) is 20.0. The minimum absolute atomic E-state index is 0.0515. The summed E-state index contributed by atoms with van der Waals surface area (Å²) in [6, 6.07) is 14.0. The van der Waals surface area contributed by atoms with Gasteiger partial charge in [-0.2, -0.15) is 0 Å². The summed E-state index contributed by atoms with van der Waals surface area (Å²) in [5.41, 5.74) is 3.07. The lowest BCUT2D eigenvalue weighted by atomic mass is 9.86. The lowest BCUT2D eigenvalue weighted by Crippen LogP contribution is -2.31. The Balaban J connectivity index is 2.07. The van der Waals surface area contributed by atoms with Gasteiger partial charge in [0.15, 0.2) is 6.10 Å². The topological polar surface area (TPSA) is 38.3 Å². The summed E-state index contributed by atoms with van der Waals surface area (Å²) >= 11 is 3.57. The summed E-state index contributed by atoms with van der Waals surface area (Å²) in [5.74, 6) is 0.586. The largest absolute Gasteiger partial charge is 0.481 e. The van der Waals surface area contributed by atoms with Crippen molar-refractivity contribution in [3.63, 3.8) is 0 Å². The first kappa shape index (κ1) is 21.5. The normalized spacial score (nSPS) is 12.5. The Morgan fingerprint density at radius 1 is 1.19 bits per heavy atom. The standard InChI is InChI=1S/C23H30BrNO2/c1-6-7-10-17-13-14-20(19(24)15-17)25-22(26)16(2)27-21-12-9-8-11-18(21)23(3,4)5/h8-9,11-16H,6-7,10H2,1-5H3,(H,25,26). The van der Waals surface area contributed by atoms with E-state index in [1.165, 1.54) is 12.0 Å². The van der Waals surface area contributed by atoms with E-state index in [9.17, 15) is 4.79 Å². The summed E-state index contributed by atoms with van der Waals surface area (Å²) in [7, 11) is 0. The maximum Gasteiger partial charge on any atom is 0.265 e. The lowest BCUT2D eigenvalue weighted by Gasteiger charge is -2.24. The van der Waals surface area contributed by atoms with Gasteiger partial charge in [-0.25, -0.2) is 0 Å². The number of para-hydroxylation sites is 1. The maximum atomic E-state index is 12.6. The van der Waals surface area contributed by atoms with E-state index in [1.54, 1.807) is 6.92 Å². The number of rotatable bonds is 7. The maximum absolute atomic E-state index is 12.6.